The van der Waals surface area contributed by atoms with E-state index in [1.165, 1.54) is 7.11 Å². The summed E-state index contributed by atoms with van der Waals surface area (Å²) in [5.74, 6) is 0. The van der Waals surface area contributed by atoms with Crippen molar-refractivity contribution in [2.45, 2.75) is 0 Å². The molecule has 0 aromatic heterocycles. The van der Waals surface area contributed by atoms with E-state index in [1.54, 1.807) is 0 Å². The molecule has 0 saturated carbocycles. The van der Waals surface area contributed by atoms with E-state index in [0.717, 1.165) is 0 Å². The first-order valence-corrected chi connectivity index (χ1v) is 4.50. The van der Waals surface area contributed by atoms with Gasteiger partial charge in [0, 0.05) is 13.7 Å². The quantitative estimate of drug-likeness (QED) is 0.442. The van der Waals surface area contributed by atoms with Gasteiger partial charge in [0.1, 0.15) is 0 Å². The van der Waals surface area contributed by atoms with Crippen LogP contribution < -0.4 is 0 Å². The summed E-state index contributed by atoms with van der Waals surface area (Å²) < 4.78 is 50.3. The van der Waals surface area contributed by atoms with E-state index in [-0.39, 0.29) is 13.2 Å². The fourth-order valence-corrected chi connectivity index (χ4v) is 0.660. The molecule has 0 spiro atoms. The summed E-state index contributed by atoms with van der Waals surface area (Å²) in [7, 11) is 1.54. The molecule has 0 unspecified atom stereocenters. The average molecular weight is 227 g/mol. The van der Waals surface area contributed by atoms with Crippen LogP contribution in [-0.2, 0) is 14.2 Å². The lowest BCUT2D eigenvalue weighted by molar-refractivity contribution is 0.0304. The van der Waals surface area contributed by atoms with E-state index in [2.05, 4.69) is 6.58 Å². The van der Waals surface area contributed by atoms with Crippen molar-refractivity contribution in [3.8, 4) is 0 Å². The summed E-state index contributed by atoms with van der Waals surface area (Å²) in [6.07, 6.45) is 0. The second-order valence-electron chi connectivity index (χ2n) is 2.89. The molecule has 0 radical (unpaired) electrons. The molecule has 0 heterocycles. The first kappa shape index (κ1) is 14.5. The van der Waals surface area contributed by atoms with Gasteiger partial charge in [-0.15, -0.1) is 12.1 Å². The Morgan fingerprint density at radius 3 is 2.13 bits per heavy atom. The fraction of sp³-hybridized carbons (Fsp3) is 0.750. The molecule has 0 aromatic carbocycles. The largest absolute Gasteiger partial charge is 0.507 e. The standard InChI is InChI=1S/C8H15BF3O3/c1-8(9(10,11)12)7-15-6-5-14-4-3-13-2/h1,3-7H2,2H3/q-1. The molecule has 0 aromatic rings. The predicted molar refractivity (Wildman–Crippen MR) is 51.7 cm³/mol. The second kappa shape index (κ2) is 7.73. The maximum Gasteiger partial charge on any atom is 0.507 e. The maximum atomic E-state index is 12.0. The van der Waals surface area contributed by atoms with Crippen molar-refractivity contribution in [1.82, 2.24) is 0 Å². The van der Waals surface area contributed by atoms with Crippen molar-refractivity contribution >= 4 is 6.98 Å². The molecule has 0 aliphatic carbocycles. The van der Waals surface area contributed by atoms with Crippen LogP contribution in [0.5, 0.6) is 0 Å². The van der Waals surface area contributed by atoms with E-state index in [4.69, 9.17) is 14.2 Å². The molecule has 0 rings (SSSR count). The molecule has 3 nitrogen and oxygen atoms in total. The molecular formula is C8H15BF3O3-. The summed E-state index contributed by atoms with van der Waals surface area (Å²) in [6.45, 7) is -1.35. The van der Waals surface area contributed by atoms with Crippen molar-refractivity contribution in [1.29, 1.82) is 0 Å². The van der Waals surface area contributed by atoms with Crippen LogP contribution >= 0.6 is 0 Å². The van der Waals surface area contributed by atoms with Crippen molar-refractivity contribution in [2.24, 2.45) is 0 Å². The minimum atomic E-state index is -4.98. The van der Waals surface area contributed by atoms with Crippen LogP contribution in [0.25, 0.3) is 0 Å². The zero-order valence-electron chi connectivity index (χ0n) is 8.68. The summed E-state index contributed by atoms with van der Waals surface area (Å²) >= 11 is 0. The Bertz CT molecular complexity index is 184. The highest BCUT2D eigenvalue weighted by molar-refractivity contribution is 6.66. The van der Waals surface area contributed by atoms with Gasteiger partial charge in [-0.2, -0.15) is 0 Å². The van der Waals surface area contributed by atoms with Gasteiger partial charge in [0.05, 0.1) is 26.4 Å². The first-order valence-electron chi connectivity index (χ1n) is 4.50. The number of hydrogen-bond acceptors (Lipinski definition) is 3. The highest BCUT2D eigenvalue weighted by atomic mass is 19.4. The van der Waals surface area contributed by atoms with E-state index in [0.29, 0.717) is 13.2 Å². The van der Waals surface area contributed by atoms with Crippen LogP contribution in [0, 0.1) is 0 Å². The summed E-state index contributed by atoms with van der Waals surface area (Å²) in [5, 5.41) is 0. The smallest absolute Gasteiger partial charge is 0.445 e. The third kappa shape index (κ3) is 8.47. The Morgan fingerprint density at radius 1 is 1.07 bits per heavy atom. The molecule has 0 bridgehead atoms. The van der Waals surface area contributed by atoms with Crippen molar-refractivity contribution in [3.05, 3.63) is 12.1 Å². The van der Waals surface area contributed by atoms with E-state index in [9.17, 15) is 12.9 Å². The minimum Gasteiger partial charge on any atom is -0.445 e. The lowest BCUT2D eigenvalue weighted by atomic mass is 9.81. The van der Waals surface area contributed by atoms with Gasteiger partial charge in [-0.3, -0.25) is 0 Å². The molecule has 0 saturated heterocycles. The van der Waals surface area contributed by atoms with Crippen LogP contribution in [0.1, 0.15) is 0 Å². The zero-order valence-corrected chi connectivity index (χ0v) is 8.68. The van der Waals surface area contributed by atoms with Crippen molar-refractivity contribution < 1.29 is 27.2 Å². The summed E-state index contributed by atoms with van der Waals surface area (Å²) in [4.78, 5) is 0. The molecule has 0 N–H and O–H groups in total. The van der Waals surface area contributed by atoms with E-state index in [1.807, 2.05) is 0 Å². The van der Waals surface area contributed by atoms with Gasteiger partial charge in [-0.25, -0.2) is 0 Å². The fourth-order valence-electron chi connectivity index (χ4n) is 0.660. The third-order valence-corrected chi connectivity index (χ3v) is 1.55. The molecule has 0 aliphatic rings. The highest BCUT2D eigenvalue weighted by Gasteiger charge is 2.26. The number of rotatable bonds is 9. The van der Waals surface area contributed by atoms with E-state index < -0.39 is 19.1 Å². The number of halogens is 3. The van der Waals surface area contributed by atoms with Gasteiger partial charge in [0.25, 0.3) is 0 Å². The van der Waals surface area contributed by atoms with Crippen LogP contribution in [0.2, 0.25) is 0 Å². The van der Waals surface area contributed by atoms with Crippen LogP contribution in [-0.4, -0.2) is 47.1 Å². The summed E-state index contributed by atoms with van der Waals surface area (Å²) in [5.41, 5.74) is -0.827. The Hall–Kier alpha value is -0.525. The highest BCUT2D eigenvalue weighted by Crippen LogP contribution is 2.17. The monoisotopic (exact) mass is 227 g/mol. The molecule has 0 atom stereocenters. The lowest BCUT2D eigenvalue weighted by Gasteiger charge is -2.17. The van der Waals surface area contributed by atoms with Gasteiger partial charge >= 0.3 is 6.98 Å². The van der Waals surface area contributed by atoms with Gasteiger partial charge < -0.3 is 27.2 Å². The average Bonchev–Trinajstić information content (AvgIpc) is 2.14. The molecule has 0 amide bonds. The Labute approximate surface area is 87.2 Å². The third-order valence-electron chi connectivity index (χ3n) is 1.55. The Balaban J connectivity index is 3.28. The Morgan fingerprint density at radius 2 is 1.60 bits per heavy atom. The van der Waals surface area contributed by atoms with Crippen LogP contribution in [0.3, 0.4) is 0 Å². The summed E-state index contributed by atoms with van der Waals surface area (Å²) in [6, 6.07) is 0. The molecule has 0 fully saturated rings. The molecule has 15 heavy (non-hydrogen) atoms. The maximum absolute atomic E-state index is 12.0. The first-order chi connectivity index (χ1) is 6.98. The normalized spacial score (nSPS) is 11.7. The SMILES string of the molecule is C=C(COCCOCCOC)[B-](F)(F)F. The van der Waals surface area contributed by atoms with Crippen molar-refractivity contribution in [2.75, 3.05) is 40.1 Å². The molecule has 7 heteroatoms. The van der Waals surface area contributed by atoms with Crippen molar-refractivity contribution in [3.63, 3.8) is 0 Å². The minimum absolute atomic E-state index is 0.120. The number of hydrogen-bond donors (Lipinski definition) is 0. The molecule has 90 valence electrons. The van der Waals surface area contributed by atoms with Gasteiger partial charge in [0.2, 0.25) is 0 Å². The van der Waals surface area contributed by atoms with Gasteiger partial charge in [0.15, 0.2) is 0 Å². The zero-order chi connectivity index (χ0) is 11.7. The molecular weight excluding hydrogens is 212 g/mol. The molecule has 0 aliphatic heterocycles. The lowest BCUT2D eigenvalue weighted by Crippen LogP contribution is -2.23. The van der Waals surface area contributed by atoms with Crippen LogP contribution in [0.4, 0.5) is 12.9 Å². The van der Waals surface area contributed by atoms with Gasteiger partial charge in [-0.1, -0.05) is 0 Å². The second-order valence-corrected chi connectivity index (χ2v) is 2.89. The topological polar surface area (TPSA) is 27.7 Å². The predicted octanol–water partition coefficient (Wildman–Crippen LogP) is 1.61. The van der Waals surface area contributed by atoms with Gasteiger partial charge in [-0.05, 0) is 0 Å². The van der Waals surface area contributed by atoms with Crippen LogP contribution in [0.15, 0.2) is 12.1 Å². The number of methoxy groups -OCH3 is 1. The Kier molecular flexibility index (Phi) is 7.46. The number of ether oxygens (including phenoxy) is 3. The van der Waals surface area contributed by atoms with E-state index >= 15 is 0 Å².